The van der Waals surface area contributed by atoms with Gasteiger partial charge in [0.25, 0.3) is 5.69 Å². The highest BCUT2D eigenvalue weighted by molar-refractivity contribution is 9.10. The van der Waals surface area contributed by atoms with E-state index < -0.39 is 0 Å². The predicted octanol–water partition coefficient (Wildman–Crippen LogP) is 3.74. The first-order valence-electron chi connectivity index (χ1n) is 7.87. The van der Waals surface area contributed by atoms with Crippen LogP contribution in [0.5, 0.6) is 0 Å². The summed E-state index contributed by atoms with van der Waals surface area (Å²) in [6.07, 6.45) is 2.16. The second kappa shape index (κ2) is 8.04. The number of hydrogen-bond acceptors (Lipinski definition) is 4. The lowest BCUT2D eigenvalue weighted by molar-refractivity contribution is -0.385. The van der Waals surface area contributed by atoms with Gasteiger partial charge in [-0.3, -0.25) is 15.0 Å². The number of nitro groups is 1. The molecule has 122 valence electrons. The lowest BCUT2D eigenvalue weighted by Gasteiger charge is -2.35. The molecule has 2 rings (SSSR count). The van der Waals surface area contributed by atoms with Crippen molar-refractivity contribution in [2.24, 2.45) is 5.92 Å². The maximum atomic E-state index is 11.2. The van der Waals surface area contributed by atoms with E-state index in [0.717, 1.165) is 44.6 Å². The highest BCUT2D eigenvalue weighted by atomic mass is 79.9. The molecular weight excluding hydrogens is 346 g/mol. The number of benzene rings is 1. The summed E-state index contributed by atoms with van der Waals surface area (Å²) < 4.78 is 0.546. The fourth-order valence-electron chi connectivity index (χ4n) is 2.92. The molecule has 0 spiro atoms. The number of piperazine rings is 1. The molecule has 1 saturated heterocycles. The highest BCUT2D eigenvalue weighted by Gasteiger charge is 2.24. The van der Waals surface area contributed by atoms with Gasteiger partial charge in [0.15, 0.2) is 0 Å². The smallest absolute Gasteiger partial charge is 0.283 e. The molecule has 1 aliphatic rings. The van der Waals surface area contributed by atoms with Crippen LogP contribution in [0.25, 0.3) is 0 Å². The fourth-order valence-corrected chi connectivity index (χ4v) is 3.31. The molecule has 0 radical (unpaired) electrons. The fraction of sp³-hybridized carbons (Fsp3) is 0.625. The van der Waals surface area contributed by atoms with E-state index in [0.29, 0.717) is 10.4 Å². The Balaban J connectivity index is 2.26. The standard InChI is InChI=1S/C16H24BrN3O2/c1-12(2)3-6-15(19-9-7-18-8-10-19)13-4-5-14(17)16(11-13)20(21)22/h4-5,11-12,15,18H,3,6-10H2,1-2H3/t15-/m1/s1. The first-order valence-corrected chi connectivity index (χ1v) is 8.67. The second-order valence-corrected chi connectivity index (χ2v) is 7.10. The van der Waals surface area contributed by atoms with Crippen LogP contribution in [-0.4, -0.2) is 36.0 Å². The number of nitrogens with zero attached hydrogens (tertiary/aromatic N) is 2. The topological polar surface area (TPSA) is 58.4 Å². The van der Waals surface area contributed by atoms with Crippen LogP contribution in [0.1, 0.15) is 38.3 Å². The van der Waals surface area contributed by atoms with Crippen molar-refractivity contribution in [2.75, 3.05) is 26.2 Å². The molecule has 5 nitrogen and oxygen atoms in total. The van der Waals surface area contributed by atoms with Crippen molar-refractivity contribution >= 4 is 21.6 Å². The second-order valence-electron chi connectivity index (χ2n) is 6.24. The third-order valence-electron chi connectivity index (χ3n) is 4.16. The molecule has 22 heavy (non-hydrogen) atoms. The molecule has 0 aliphatic carbocycles. The molecule has 1 N–H and O–H groups in total. The first-order chi connectivity index (χ1) is 10.5. The molecule has 1 aromatic carbocycles. The van der Waals surface area contributed by atoms with Crippen molar-refractivity contribution in [1.29, 1.82) is 0 Å². The van der Waals surface area contributed by atoms with Gasteiger partial charge in [-0.2, -0.15) is 0 Å². The van der Waals surface area contributed by atoms with Crippen molar-refractivity contribution in [3.05, 3.63) is 38.3 Å². The number of nitro benzene ring substituents is 1. The summed E-state index contributed by atoms with van der Waals surface area (Å²) in [5.74, 6) is 0.635. The Kier molecular flexibility index (Phi) is 6.35. The van der Waals surface area contributed by atoms with Gasteiger partial charge in [0.2, 0.25) is 0 Å². The molecule has 0 aromatic heterocycles. The molecule has 6 heteroatoms. The number of nitrogens with one attached hydrogen (secondary N) is 1. The lowest BCUT2D eigenvalue weighted by atomic mass is 9.95. The summed E-state index contributed by atoms with van der Waals surface area (Å²) in [6, 6.07) is 5.82. The van der Waals surface area contributed by atoms with E-state index in [2.05, 4.69) is 40.0 Å². The van der Waals surface area contributed by atoms with Crippen molar-refractivity contribution in [2.45, 2.75) is 32.7 Å². The monoisotopic (exact) mass is 369 g/mol. The van der Waals surface area contributed by atoms with Crippen LogP contribution < -0.4 is 5.32 Å². The molecule has 0 saturated carbocycles. The van der Waals surface area contributed by atoms with Gasteiger partial charge < -0.3 is 5.32 Å². The lowest BCUT2D eigenvalue weighted by Crippen LogP contribution is -2.45. The summed E-state index contributed by atoms with van der Waals surface area (Å²) >= 11 is 3.27. The highest BCUT2D eigenvalue weighted by Crippen LogP contribution is 2.33. The van der Waals surface area contributed by atoms with Crippen LogP contribution in [0, 0.1) is 16.0 Å². The summed E-state index contributed by atoms with van der Waals surface area (Å²) in [7, 11) is 0. The quantitative estimate of drug-likeness (QED) is 0.612. The number of hydrogen-bond donors (Lipinski definition) is 1. The molecule has 1 fully saturated rings. The van der Waals surface area contributed by atoms with Gasteiger partial charge in [-0.25, -0.2) is 0 Å². The molecule has 0 unspecified atom stereocenters. The largest absolute Gasteiger partial charge is 0.314 e. The molecule has 1 atom stereocenters. The number of halogens is 1. The minimum absolute atomic E-state index is 0.155. The average Bonchev–Trinajstić information content (AvgIpc) is 2.49. The van der Waals surface area contributed by atoms with Crippen LogP contribution in [0.2, 0.25) is 0 Å². The Labute approximate surface area is 140 Å². The van der Waals surface area contributed by atoms with Gasteiger partial charge >= 0.3 is 0 Å². The van der Waals surface area contributed by atoms with E-state index in [-0.39, 0.29) is 16.7 Å². The Bertz CT molecular complexity index is 516. The van der Waals surface area contributed by atoms with E-state index >= 15 is 0 Å². The van der Waals surface area contributed by atoms with Gasteiger partial charge in [0.1, 0.15) is 0 Å². The molecule has 1 heterocycles. The summed E-state index contributed by atoms with van der Waals surface area (Å²) in [4.78, 5) is 13.3. The van der Waals surface area contributed by atoms with Gasteiger partial charge in [0.05, 0.1) is 9.40 Å². The minimum atomic E-state index is -0.315. The molecular formula is C16H24BrN3O2. The van der Waals surface area contributed by atoms with Crippen LogP contribution in [-0.2, 0) is 0 Å². The maximum absolute atomic E-state index is 11.2. The van der Waals surface area contributed by atoms with Gasteiger partial charge in [0, 0.05) is 38.3 Å². The van der Waals surface area contributed by atoms with E-state index in [1.165, 1.54) is 0 Å². The zero-order valence-electron chi connectivity index (χ0n) is 13.2. The summed E-state index contributed by atoms with van der Waals surface area (Å²) in [5, 5.41) is 14.6. The predicted molar refractivity (Wildman–Crippen MR) is 92.1 cm³/mol. The third-order valence-corrected chi connectivity index (χ3v) is 4.83. The van der Waals surface area contributed by atoms with E-state index in [1.54, 1.807) is 12.1 Å². The van der Waals surface area contributed by atoms with Crippen LogP contribution in [0.3, 0.4) is 0 Å². The Morgan fingerprint density at radius 1 is 1.32 bits per heavy atom. The van der Waals surface area contributed by atoms with Crippen molar-refractivity contribution in [3.63, 3.8) is 0 Å². The normalized spacial score (nSPS) is 17.6. The van der Waals surface area contributed by atoms with Gasteiger partial charge in [-0.05, 0) is 46.3 Å². The summed E-state index contributed by atoms with van der Waals surface area (Å²) in [6.45, 7) is 8.39. The Morgan fingerprint density at radius 2 is 2.00 bits per heavy atom. The molecule has 1 aromatic rings. The zero-order chi connectivity index (χ0) is 16.1. The van der Waals surface area contributed by atoms with Crippen molar-refractivity contribution in [3.8, 4) is 0 Å². The van der Waals surface area contributed by atoms with Gasteiger partial charge in [-0.1, -0.05) is 19.9 Å². The van der Waals surface area contributed by atoms with Crippen LogP contribution in [0.15, 0.2) is 22.7 Å². The minimum Gasteiger partial charge on any atom is -0.314 e. The number of rotatable bonds is 6. The van der Waals surface area contributed by atoms with Crippen molar-refractivity contribution < 1.29 is 4.92 Å². The summed E-state index contributed by atoms with van der Waals surface area (Å²) in [5.41, 5.74) is 1.21. The maximum Gasteiger partial charge on any atom is 0.283 e. The van der Waals surface area contributed by atoms with E-state index in [4.69, 9.17) is 0 Å². The third kappa shape index (κ3) is 4.51. The molecule has 0 bridgehead atoms. The molecule has 0 amide bonds. The van der Waals surface area contributed by atoms with E-state index in [9.17, 15) is 10.1 Å². The van der Waals surface area contributed by atoms with E-state index in [1.807, 2.05) is 6.07 Å². The van der Waals surface area contributed by atoms with Crippen LogP contribution in [0.4, 0.5) is 5.69 Å². The van der Waals surface area contributed by atoms with Gasteiger partial charge in [-0.15, -0.1) is 0 Å². The average molecular weight is 370 g/mol. The van der Waals surface area contributed by atoms with Crippen molar-refractivity contribution in [1.82, 2.24) is 10.2 Å². The SMILES string of the molecule is CC(C)CC[C@H](c1ccc(Br)c([N+](=O)[O-])c1)N1CCNCC1. The Morgan fingerprint density at radius 3 is 2.59 bits per heavy atom. The Hall–Kier alpha value is -0.980. The van der Waals surface area contributed by atoms with Crippen LogP contribution >= 0.6 is 15.9 Å². The first kappa shape index (κ1) is 17.4. The molecule has 1 aliphatic heterocycles. The zero-order valence-corrected chi connectivity index (χ0v) is 14.8.